The van der Waals surface area contributed by atoms with Crippen LogP contribution in [0, 0.1) is 0 Å². The zero-order valence-corrected chi connectivity index (χ0v) is 18.0. The number of methoxy groups -OCH3 is 1. The molecule has 6 nitrogen and oxygen atoms in total. The van der Waals surface area contributed by atoms with Gasteiger partial charge in [0.25, 0.3) is 5.91 Å². The molecule has 3 aromatic rings. The highest BCUT2D eigenvalue weighted by molar-refractivity contribution is 9.10. The fourth-order valence-electron chi connectivity index (χ4n) is 2.48. The van der Waals surface area contributed by atoms with Gasteiger partial charge in [0.1, 0.15) is 23.9 Å². The van der Waals surface area contributed by atoms with E-state index in [1.165, 1.54) is 0 Å². The fraction of sp³-hybridized carbons (Fsp3) is 0.130. The third-order valence-corrected chi connectivity index (χ3v) is 4.76. The molecular formula is C23H21BrN2O4. The molecule has 0 bridgehead atoms. The van der Waals surface area contributed by atoms with E-state index < -0.39 is 0 Å². The molecule has 0 heterocycles. The monoisotopic (exact) mass is 468 g/mol. The molecule has 30 heavy (non-hydrogen) atoms. The Bertz CT molecular complexity index is 992. The summed E-state index contributed by atoms with van der Waals surface area (Å²) in [5, 5.41) is 3.99. The predicted octanol–water partition coefficient (Wildman–Crippen LogP) is 4.57. The molecule has 0 aromatic heterocycles. The molecule has 0 atom stereocenters. The van der Waals surface area contributed by atoms with Crippen molar-refractivity contribution in [3.63, 3.8) is 0 Å². The quantitative estimate of drug-likeness (QED) is 0.369. The van der Waals surface area contributed by atoms with E-state index in [1.807, 2.05) is 48.5 Å². The van der Waals surface area contributed by atoms with Crippen LogP contribution in [0.5, 0.6) is 17.2 Å². The van der Waals surface area contributed by atoms with E-state index in [-0.39, 0.29) is 12.5 Å². The molecule has 0 fully saturated rings. The number of hydrogen-bond acceptors (Lipinski definition) is 5. The maximum atomic E-state index is 11.9. The molecule has 3 rings (SSSR count). The number of carbonyl (C=O) groups excluding carboxylic acids is 1. The minimum atomic E-state index is -0.366. The highest BCUT2D eigenvalue weighted by Crippen LogP contribution is 2.22. The van der Waals surface area contributed by atoms with Gasteiger partial charge in [-0.25, -0.2) is 5.43 Å². The Morgan fingerprint density at radius 1 is 0.967 bits per heavy atom. The van der Waals surface area contributed by atoms with Crippen LogP contribution in [-0.2, 0) is 11.4 Å². The molecule has 0 unspecified atom stereocenters. The van der Waals surface area contributed by atoms with Gasteiger partial charge in [-0.15, -0.1) is 0 Å². The lowest BCUT2D eigenvalue weighted by Gasteiger charge is -2.08. The van der Waals surface area contributed by atoms with E-state index in [0.29, 0.717) is 18.1 Å². The van der Waals surface area contributed by atoms with E-state index in [2.05, 4.69) is 26.5 Å². The summed E-state index contributed by atoms with van der Waals surface area (Å²) in [7, 11) is 1.59. The van der Waals surface area contributed by atoms with Gasteiger partial charge >= 0.3 is 0 Å². The lowest BCUT2D eigenvalue weighted by Crippen LogP contribution is -2.24. The first-order valence-electron chi connectivity index (χ1n) is 9.19. The first-order chi connectivity index (χ1) is 14.6. The molecule has 1 amide bonds. The van der Waals surface area contributed by atoms with Crippen molar-refractivity contribution in [1.29, 1.82) is 0 Å². The Balaban J connectivity index is 1.50. The molecule has 0 aliphatic carbocycles. The van der Waals surface area contributed by atoms with Crippen LogP contribution in [0.4, 0.5) is 0 Å². The maximum absolute atomic E-state index is 11.9. The summed E-state index contributed by atoms with van der Waals surface area (Å²) >= 11 is 3.47. The average molecular weight is 469 g/mol. The van der Waals surface area contributed by atoms with Gasteiger partial charge in [0.2, 0.25) is 0 Å². The van der Waals surface area contributed by atoms with Crippen molar-refractivity contribution in [3.05, 3.63) is 88.4 Å². The van der Waals surface area contributed by atoms with Crippen LogP contribution in [-0.4, -0.2) is 25.8 Å². The molecule has 0 saturated heterocycles. The van der Waals surface area contributed by atoms with Crippen LogP contribution in [0.3, 0.4) is 0 Å². The molecule has 7 heteroatoms. The molecule has 0 saturated carbocycles. The van der Waals surface area contributed by atoms with Crippen LogP contribution >= 0.6 is 15.9 Å². The highest BCUT2D eigenvalue weighted by atomic mass is 79.9. The minimum Gasteiger partial charge on any atom is -0.497 e. The molecule has 0 aliphatic rings. The van der Waals surface area contributed by atoms with E-state index in [4.69, 9.17) is 14.2 Å². The van der Waals surface area contributed by atoms with Crippen LogP contribution in [0.15, 0.2) is 82.4 Å². The topological polar surface area (TPSA) is 69.2 Å². The number of nitrogens with one attached hydrogen (secondary N) is 1. The molecule has 0 aliphatic heterocycles. The third-order valence-electron chi connectivity index (χ3n) is 4.04. The Morgan fingerprint density at radius 3 is 2.40 bits per heavy atom. The Kier molecular flexibility index (Phi) is 7.86. The van der Waals surface area contributed by atoms with Crippen molar-refractivity contribution in [2.24, 2.45) is 5.10 Å². The molecule has 1 N–H and O–H groups in total. The van der Waals surface area contributed by atoms with Crippen molar-refractivity contribution >= 4 is 28.1 Å². The largest absolute Gasteiger partial charge is 0.497 e. The lowest BCUT2D eigenvalue weighted by molar-refractivity contribution is -0.123. The first-order valence-corrected chi connectivity index (χ1v) is 9.98. The number of rotatable bonds is 9. The van der Waals surface area contributed by atoms with Gasteiger partial charge in [-0.1, -0.05) is 46.3 Å². The normalized spacial score (nSPS) is 10.6. The number of carbonyl (C=O) groups is 1. The average Bonchev–Trinajstić information content (AvgIpc) is 2.79. The van der Waals surface area contributed by atoms with Gasteiger partial charge in [0.15, 0.2) is 6.61 Å². The Labute approximate surface area is 183 Å². The highest BCUT2D eigenvalue weighted by Gasteiger charge is 2.04. The zero-order chi connectivity index (χ0) is 21.2. The van der Waals surface area contributed by atoms with Gasteiger partial charge in [-0.3, -0.25) is 4.79 Å². The number of benzene rings is 3. The SMILES string of the molecule is COc1ccc(OCC(=O)N/N=C/c2cc(OCc3ccccc3)ccc2Br)cc1. The summed E-state index contributed by atoms with van der Waals surface area (Å²) in [6, 6.07) is 22.5. The number of ether oxygens (including phenoxy) is 3. The van der Waals surface area contributed by atoms with Crippen molar-refractivity contribution in [2.45, 2.75) is 6.61 Å². The van der Waals surface area contributed by atoms with Crippen molar-refractivity contribution in [1.82, 2.24) is 5.43 Å². The van der Waals surface area contributed by atoms with Crippen LogP contribution in [0.1, 0.15) is 11.1 Å². The molecular weight excluding hydrogens is 448 g/mol. The number of halogens is 1. The molecule has 0 spiro atoms. The lowest BCUT2D eigenvalue weighted by atomic mass is 10.2. The number of amides is 1. The molecule has 154 valence electrons. The van der Waals surface area contributed by atoms with Crippen molar-refractivity contribution in [3.8, 4) is 17.2 Å². The van der Waals surface area contributed by atoms with E-state index >= 15 is 0 Å². The van der Waals surface area contributed by atoms with E-state index in [9.17, 15) is 4.79 Å². The minimum absolute atomic E-state index is 0.148. The fourth-order valence-corrected chi connectivity index (χ4v) is 2.83. The smallest absolute Gasteiger partial charge is 0.277 e. The predicted molar refractivity (Wildman–Crippen MR) is 119 cm³/mol. The van der Waals surface area contributed by atoms with Crippen LogP contribution in [0.25, 0.3) is 0 Å². The maximum Gasteiger partial charge on any atom is 0.277 e. The second-order valence-electron chi connectivity index (χ2n) is 6.21. The van der Waals surface area contributed by atoms with Gasteiger partial charge in [-0.05, 0) is 48.0 Å². The van der Waals surface area contributed by atoms with Gasteiger partial charge in [0.05, 0.1) is 13.3 Å². The van der Waals surface area contributed by atoms with Gasteiger partial charge in [0, 0.05) is 10.0 Å². The van der Waals surface area contributed by atoms with Gasteiger partial charge in [-0.2, -0.15) is 5.10 Å². The summed E-state index contributed by atoms with van der Waals surface area (Å²) in [6.45, 7) is 0.323. The zero-order valence-electron chi connectivity index (χ0n) is 16.4. The number of hydrazone groups is 1. The van der Waals surface area contributed by atoms with Crippen molar-refractivity contribution < 1.29 is 19.0 Å². The standard InChI is InChI=1S/C23H21BrN2O4/c1-28-19-7-9-20(10-8-19)30-16-23(27)26-25-14-18-13-21(11-12-22(18)24)29-15-17-5-3-2-4-6-17/h2-14H,15-16H2,1H3,(H,26,27)/b25-14+. The second kappa shape index (κ2) is 11.0. The molecule has 3 aromatic carbocycles. The summed E-state index contributed by atoms with van der Waals surface area (Å²) in [6.07, 6.45) is 1.55. The summed E-state index contributed by atoms with van der Waals surface area (Å²) < 4.78 is 17.2. The third kappa shape index (κ3) is 6.63. The Morgan fingerprint density at radius 2 is 1.67 bits per heavy atom. The first kappa shape index (κ1) is 21.4. The molecule has 0 radical (unpaired) electrons. The summed E-state index contributed by atoms with van der Waals surface area (Å²) in [4.78, 5) is 11.9. The van der Waals surface area contributed by atoms with Crippen molar-refractivity contribution in [2.75, 3.05) is 13.7 Å². The van der Waals surface area contributed by atoms with Crippen LogP contribution < -0.4 is 19.6 Å². The summed E-state index contributed by atoms with van der Waals surface area (Å²) in [5.74, 6) is 1.63. The number of nitrogens with zero attached hydrogens (tertiary/aromatic N) is 1. The van der Waals surface area contributed by atoms with E-state index in [0.717, 1.165) is 21.3 Å². The van der Waals surface area contributed by atoms with Crippen LogP contribution in [0.2, 0.25) is 0 Å². The van der Waals surface area contributed by atoms with Gasteiger partial charge < -0.3 is 14.2 Å². The van der Waals surface area contributed by atoms with E-state index in [1.54, 1.807) is 37.6 Å². The number of hydrogen-bond donors (Lipinski definition) is 1. The Hall–Kier alpha value is -3.32. The summed E-state index contributed by atoms with van der Waals surface area (Å²) in [5.41, 5.74) is 4.31. The second-order valence-corrected chi connectivity index (χ2v) is 7.07.